The molecular formula is C20H26N4O3. The van der Waals surface area contributed by atoms with Crippen molar-refractivity contribution in [3.63, 3.8) is 0 Å². The van der Waals surface area contributed by atoms with E-state index in [2.05, 4.69) is 4.98 Å². The van der Waals surface area contributed by atoms with Gasteiger partial charge in [0.25, 0.3) is 5.91 Å². The van der Waals surface area contributed by atoms with Gasteiger partial charge in [-0.2, -0.15) is 0 Å². The largest absolute Gasteiger partial charge is 0.356 e. The molecule has 1 aromatic carbocycles. The molecule has 7 nitrogen and oxygen atoms in total. The number of morpholine rings is 1. The molecule has 1 fully saturated rings. The van der Waals surface area contributed by atoms with Crippen LogP contribution >= 0.6 is 0 Å². The van der Waals surface area contributed by atoms with Crippen LogP contribution in [0.25, 0.3) is 0 Å². The molecule has 2 amide bonds. The SMILES string of the molecule is CCN(Cc1nccn1C)C(=O)[C@H]1OCC(=O)N(C)[C@@H]1c1ccccc1C. The lowest BCUT2D eigenvalue weighted by atomic mass is 9.93. The quantitative estimate of drug-likeness (QED) is 0.803. The molecule has 0 N–H and O–H groups in total. The fourth-order valence-corrected chi connectivity index (χ4v) is 3.45. The van der Waals surface area contributed by atoms with Crippen LogP contribution < -0.4 is 0 Å². The second-order valence-electron chi connectivity index (χ2n) is 6.84. The number of hydrogen-bond acceptors (Lipinski definition) is 4. The highest BCUT2D eigenvalue weighted by Crippen LogP contribution is 2.32. The summed E-state index contributed by atoms with van der Waals surface area (Å²) in [5.41, 5.74) is 1.96. The standard InChI is InChI=1S/C20H26N4O3/c1-5-24(12-16-21-10-11-22(16)3)20(26)19-18(23(4)17(25)13-27-19)15-9-7-6-8-14(15)2/h6-11,18-19H,5,12-13H2,1-4H3/t18-,19+/m1/s1. The van der Waals surface area contributed by atoms with E-state index in [4.69, 9.17) is 4.74 Å². The van der Waals surface area contributed by atoms with E-state index in [-0.39, 0.29) is 18.4 Å². The van der Waals surface area contributed by atoms with Crippen LogP contribution in [-0.2, 0) is 27.9 Å². The van der Waals surface area contributed by atoms with Crippen LogP contribution in [0.4, 0.5) is 0 Å². The average molecular weight is 370 g/mol. The zero-order valence-electron chi connectivity index (χ0n) is 16.3. The fourth-order valence-electron chi connectivity index (χ4n) is 3.45. The van der Waals surface area contributed by atoms with Crippen molar-refractivity contribution in [1.29, 1.82) is 0 Å². The average Bonchev–Trinajstić information content (AvgIpc) is 3.06. The minimum atomic E-state index is -0.742. The molecule has 1 saturated heterocycles. The number of amides is 2. The molecule has 7 heteroatoms. The van der Waals surface area contributed by atoms with Crippen LogP contribution in [-0.4, -0.2) is 57.5 Å². The van der Waals surface area contributed by atoms with E-state index in [0.29, 0.717) is 13.1 Å². The highest BCUT2D eigenvalue weighted by molar-refractivity contribution is 5.86. The van der Waals surface area contributed by atoms with Crippen LogP contribution in [0.1, 0.15) is 29.9 Å². The van der Waals surface area contributed by atoms with Gasteiger partial charge in [-0.25, -0.2) is 4.98 Å². The number of nitrogens with zero attached hydrogens (tertiary/aromatic N) is 4. The van der Waals surface area contributed by atoms with E-state index >= 15 is 0 Å². The van der Waals surface area contributed by atoms with Crippen molar-refractivity contribution in [1.82, 2.24) is 19.4 Å². The van der Waals surface area contributed by atoms with Crippen LogP contribution in [0, 0.1) is 6.92 Å². The normalized spacial score (nSPS) is 20.0. The number of rotatable bonds is 5. The molecule has 144 valence electrons. The third kappa shape index (κ3) is 3.73. The van der Waals surface area contributed by atoms with E-state index in [1.807, 2.05) is 55.9 Å². The third-order valence-corrected chi connectivity index (χ3v) is 5.18. The summed E-state index contributed by atoms with van der Waals surface area (Å²) in [6, 6.07) is 7.35. The van der Waals surface area contributed by atoms with Gasteiger partial charge in [-0.1, -0.05) is 24.3 Å². The molecule has 2 atom stereocenters. The van der Waals surface area contributed by atoms with Gasteiger partial charge in [0.15, 0.2) is 6.10 Å². The number of imidazole rings is 1. The first-order valence-electron chi connectivity index (χ1n) is 9.11. The molecule has 0 radical (unpaired) electrons. The lowest BCUT2D eigenvalue weighted by Crippen LogP contribution is -2.54. The van der Waals surface area contributed by atoms with Crippen molar-refractivity contribution in [2.24, 2.45) is 7.05 Å². The van der Waals surface area contributed by atoms with Crippen molar-refractivity contribution in [2.45, 2.75) is 32.5 Å². The summed E-state index contributed by atoms with van der Waals surface area (Å²) < 4.78 is 7.66. The maximum atomic E-state index is 13.3. The minimum Gasteiger partial charge on any atom is -0.356 e. The summed E-state index contributed by atoms with van der Waals surface area (Å²) >= 11 is 0. The lowest BCUT2D eigenvalue weighted by molar-refractivity contribution is -0.167. The second kappa shape index (κ2) is 7.92. The van der Waals surface area contributed by atoms with E-state index in [0.717, 1.165) is 17.0 Å². The molecule has 0 aliphatic carbocycles. The molecule has 0 unspecified atom stereocenters. The maximum absolute atomic E-state index is 13.3. The molecule has 27 heavy (non-hydrogen) atoms. The smallest absolute Gasteiger partial charge is 0.254 e. The van der Waals surface area contributed by atoms with Gasteiger partial charge in [0.2, 0.25) is 5.91 Å². The number of benzene rings is 1. The first-order chi connectivity index (χ1) is 12.9. The molecule has 3 rings (SSSR count). The fraction of sp³-hybridized carbons (Fsp3) is 0.450. The van der Waals surface area contributed by atoms with E-state index in [1.165, 1.54) is 0 Å². The molecule has 2 aromatic rings. The molecule has 2 heterocycles. The van der Waals surface area contributed by atoms with E-state index in [1.54, 1.807) is 23.0 Å². The Kier molecular flexibility index (Phi) is 5.60. The number of hydrogen-bond donors (Lipinski definition) is 0. The van der Waals surface area contributed by atoms with Gasteiger partial charge >= 0.3 is 0 Å². The van der Waals surface area contributed by atoms with Crippen molar-refractivity contribution >= 4 is 11.8 Å². The van der Waals surface area contributed by atoms with Crippen molar-refractivity contribution in [2.75, 3.05) is 20.2 Å². The highest BCUT2D eigenvalue weighted by atomic mass is 16.5. The Morgan fingerprint density at radius 2 is 2.07 bits per heavy atom. The predicted molar refractivity (Wildman–Crippen MR) is 101 cm³/mol. The number of likely N-dealkylation sites (N-methyl/N-ethyl adjacent to an activating group) is 2. The zero-order valence-corrected chi connectivity index (χ0v) is 16.3. The Labute approximate surface area is 159 Å². The number of ether oxygens (including phenoxy) is 1. The van der Waals surface area contributed by atoms with Crippen molar-refractivity contribution < 1.29 is 14.3 Å². The summed E-state index contributed by atoms with van der Waals surface area (Å²) in [7, 11) is 3.64. The number of carbonyl (C=O) groups is 2. The molecule has 1 aliphatic rings. The zero-order chi connectivity index (χ0) is 19.6. The third-order valence-electron chi connectivity index (χ3n) is 5.18. The van der Waals surface area contributed by atoms with Crippen LogP contribution in [0.5, 0.6) is 0 Å². The lowest BCUT2D eigenvalue weighted by Gasteiger charge is -2.40. The maximum Gasteiger partial charge on any atom is 0.254 e. The summed E-state index contributed by atoms with van der Waals surface area (Å²) in [5, 5.41) is 0. The van der Waals surface area contributed by atoms with E-state index in [9.17, 15) is 9.59 Å². The summed E-state index contributed by atoms with van der Waals surface area (Å²) in [4.78, 5) is 33.3. The first-order valence-corrected chi connectivity index (χ1v) is 9.11. The Morgan fingerprint density at radius 3 is 2.70 bits per heavy atom. The van der Waals surface area contributed by atoms with Gasteiger partial charge in [-0.15, -0.1) is 0 Å². The van der Waals surface area contributed by atoms with Gasteiger partial charge < -0.3 is 19.1 Å². The van der Waals surface area contributed by atoms with Gasteiger partial charge in [0.05, 0.1) is 12.6 Å². The number of aromatic nitrogens is 2. The molecular weight excluding hydrogens is 344 g/mol. The summed E-state index contributed by atoms with van der Waals surface area (Å²) in [6.45, 7) is 4.76. The molecule has 1 aromatic heterocycles. The van der Waals surface area contributed by atoms with Crippen molar-refractivity contribution in [3.8, 4) is 0 Å². The Bertz CT molecular complexity index is 832. The minimum absolute atomic E-state index is 0.0880. The van der Waals surface area contributed by atoms with Gasteiger partial charge in [-0.05, 0) is 25.0 Å². The number of aryl methyl sites for hydroxylation is 2. The summed E-state index contributed by atoms with van der Waals surface area (Å²) in [6.07, 6.45) is 2.83. The molecule has 1 aliphatic heterocycles. The van der Waals surface area contributed by atoms with Crippen LogP contribution in [0.2, 0.25) is 0 Å². The molecule has 0 saturated carbocycles. The molecule has 0 spiro atoms. The van der Waals surface area contributed by atoms with Crippen LogP contribution in [0.15, 0.2) is 36.7 Å². The first kappa shape index (κ1) is 19.1. The molecule has 0 bridgehead atoms. The van der Waals surface area contributed by atoms with Crippen LogP contribution in [0.3, 0.4) is 0 Å². The van der Waals surface area contributed by atoms with E-state index < -0.39 is 12.1 Å². The predicted octanol–water partition coefficient (Wildman–Crippen LogP) is 1.68. The Balaban J connectivity index is 1.91. The Morgan fingerprint density at radius 1 is 1.33 bits per heavy atom. The summed E-state index contributed by atoms with van der Waals surface area (Å²) in [5.74, 6) is 0.547. The van der Waals surface area contributed by atoms with Gasteiger partial charge in [0, 0.05) is 33.0 Å². The topological polar surface area (TPSA) is 67.7 Å². The van der Waals surface area contributed by atoms with Crippen molar-refractivity contribution in [3.05, 3.63) is 53.6 Å². The monoisotopic (exact) mass is 370 g/mol. The second-order valence-corrected chi connectivity index (χ2v) is 6.84. The number of carbonyl (C=O) groups excluding carboxylic acids is 2. The Hall–Kier alpha value is -2.67. The van der Waals surface area contributed by atoms with Gasteiger partial charge in [-0.3, -0.25) is 9.59 Å². The highest BCUT2D eigenvalue weighted by Gasteiger charge is 2.42. The van der Waals surface area contributed by atoms with Gasteiger partial charge in [0.1, 0.15) is 12.4 Å².